The molecule has 0 aromatic heterocycles. The number of aliphatic imine (C=N–C) groups is 2. The SMILES string of the molecule is CC(CCCCCCC(C)(C)N=C=O)N=C=O. The minimum atomic E-state index is -0.281. The lowest BCUT2D eigenvalue weighted by molar-refractivity contribution is 0.437. The van der Waals surface area contributed by atoms with Gasteiger partial charge in [-0.25, -0.2) is 14.6 Å². The van der Waals surface area contributed by atoms with Crippen LogP contribution in [-0.4, -0.2) is 23.7 Å². The van der Waals surface area contributed by atoms with Crippen LogP contribution in [0.1, 0.15) is 59.3 Å². The van der Waals surface area contributed by atoms with Crippen LogP contribution in [0.4, 0.5) is 0 Å². The van der Waals surface area contributed by atoms with E-state index in [1.807, 2.05) is 20.8 Å². The summed E-state index contributed by atoms with van der Waals surface area (Å²) in [6.45, 7) is 5.81. The molecular weight excluding hydrogens is 216 g/mol. The van der Waals surface area contributed by atoms with Crippen molar-refractivity contribution in [2.24, 2.45) is 9.98 Å². The van der Waals surface area contributed by atoms with Crippen LogP contribution in [0.25, 0.3) is 0 Å². The highest BCUT2D eigenvalue weighted by Crippen LogP contribution is 2.18. The third-order valence-electron chi connectivity index (χ3n) is 2.78. The highest BCUT2D eigenvalue weighted by atomic mass is 16.1. The zero-order valence-corrected chi connectivity index (χ0v) is 11.0. The normalized spacial score (nSPS) is 12.4. The average molecular weight is 238 g/mol. The van der Waals surface area contributed by atoms with Crippen molar-refractivity contribution >= 4 is 12.2 Å². The Morgan fingerprint density at radius 2 is 1.71 bits per heavy atom. The molecule has 0 aromatic rings. The van der Waals surface area contributed by atoms with E-state index in [9.17, 15) is 9.59 Å². The first kappa shape index (κ1) is 15.8. The van der Waals surface area contributed by atoms with Crippen molar-refractivity contribution in [2.45, 2.75) is 70.9 Å². The zero-order chi connectivity index (χ0) is 13.1. The lowest BCUT2D eigenvalue weighted by Crippen LogP contribution is -2.15. The van der Waals surface area contributed by atoms with Gasteiger partial charge in [0.25, 0.3) is 0 Å². The van der Waals surface area contributed by atoms with Gasteiger partial charge in [-0.05, 0) is 33.6 Å². The molecule has 0 aliphatic carbocycles. The molecule has 96 valence electrons. The number of isocyanates is 2. The molecule has 4 heteroatoms. The first-order valence-electron chi connectivity index (χ1n) is 6.18. The predicted octanol–water partition coefficient (Wildman–Crippen LogP) is 3.17. The molecule has 0 saturated carbocycles. The van der Waals surface area contributed by atoms with E-state index in [1.165, 1.54) is 0 Å². The topological polar surface area (TPSA) is 58.9 Å². The van der Waals surface area contributed by atoms with Gasteiger partial charge in [-0.3, -0.25) is 0 Å². The van der Waals surface area contributed by atoms with Gasteiger partial charge in [0, 0.05) is 0 Å². The molecule has 0 rings (SSSR count). The van der Waals surface area contributed by atoms with Crippen LogP contribution in [0, 0.1) is 0 Å². The van der Waals surface area contributed by atoms with Gasteiger partial charge in [-0.15, -0.1) is 0 Å². The van der Waals surface area contributed by atoms with Crippen LogP contribution in [0.2, 0.25) is 0 Å². The van der Waals surface area contributed by atoms with Crippen LogP contribution in [0.3, 0.4) is 0 Å². The number of rotatable bonds is 9. The summed E-state index contributed by atoms with van der Waals surface area (Å²) in [5.41, 5.74) is -0.281. The van der Waals surface area contributed by atoms with Crippen molar-refractivity contribution in [1.82, 2.24) is 0 Å². The van der Waals surface area contributed by atoms with Crippen molar-refractivity contribution < 1.29 is 9.59 Å². The summed E-state index contributed by atoms with van der Waals surface area (Å²) in [4.78, 5) is 27.6. The standard InChI is InChI=1S/C13H22N2O2/c1-12(14-10-16)8-6-4-5-7-9-13(2,3)15-11-17/h12H,4-9H2,1-3H3. The average Bonchev–Trinajstić information content (AvgIpc) is 2.23. The number of hydrogen-bond donors (Lipinski definition) is 0. The van der Waals surface area contributed by atoms with Gasteiger partial charge in [-0.1, -0.05) is 25.7 Å². The number of unbranched alkanes of at least 4 members (excludes halogenated alkanes) is 3. The fraction of sp³-hybridized carbons (Fsp3) is 0.846. The fourth-order valence-corrected chi connectivity index (χ4v) is 1.68. The third kappa shape index (κ3) is 9.68. The number of hydrogen-bond acceptors (Lipinski definition) is 4. The Bertz CT molecular complexity index is 301. The second-order valence-corrected chi connectivity index (χ2v) is 5.04. The summed E-state index contributed by atoms with van der Waals surface area (Å²) in [5.74, 6) is 0. The van der Waals surface area contributed by atoms with Crippen LogP contribution in [0.15, 0.2) is 9.98 Å². The highest BCUT2D eigenvalue weighted by Gasteiger charge is 2.14. The van der Waals surface area contributed by atoms with E-state index in [2.05, 4.69) is 9.98 Å². The van der Waals surface area contributed by atoms with E-state index >= 15 is 0 Å². The van der Waals surface area contributed by atoms with E-state index in [0.29, 0.717) is 0 Å². The highest BCUT2D eigenvalue weighted by molar-refractivity contribution is 5.34. The first-order chi connectivity index (χ1) is 8.02. The van der Waals surface area contributed by atoms with Gasteiger partial charge >= 0.3 is 0 Å². The molecule has 0 amide bonds. The third-order valence-corrected chi connectivity index (χ3v) is 2.78. The predicted molar refractivity (Wildman–Crippen MR) is 67.5 cm³/mol. The van der Waals surface area contributed by atoms with Crippen LogP contribution < -0.4 is 0 Å². The molecule has 1 unspecified atom stereocenters. The fourth-order valence-electron chi connectivity index (χ4n) is 1.68. The van der Waals surface area contributed by atoms with Crippen LogP contribution >= 0.6 is 0 Å². The summed E-state index contributed by atoms with van der Waals surface area (Å²) in [6.07, 6.45) is 9.41. The van der Waals surface area contributed by atoms with Crippen molar-refractivity contribution in [1.29, 1.82) is 0 Å². The maximum Gasteiger partial charge on any atom is 0.235 e. The van der Waals surface area contributed by atoms with Gasteiger partial charge in [0.1, 0.15) is 0 Å². The van der Waals surface area contributed by atoms with Gasteiger partial charge in [-0.2, -0.15) is 4.99 Å². The van der Waals surface area contributed by atoms with Crippen LogP contribution in [-0.2, 0) is 9.59 Å². The minimum absolute atomic E-state index is 0.0867. The van der Waals surface area contributed by atoms with Crippen LogP contribution in [0.5, 0.6) is 0 Å². The van der Waals surface area contributed by atoms with E-state index in [4.69, 9.17) is 0 Å². The maximum atomic E-state index is 10.2. The van der Waals surface area contributed by atoms with Gasteiger partial charge in [0.05, 0.1) is 11.6 Å². The van der Waals surface area contributed by atoms with E-state index in [0.717, 1.165) is 38.5 Å². The molecule has 0 heterocycles. The lowest BCUT2D eigenvalue weighted by Gasteiger charge is -2.16. The molecule has 0 N–H and O–H groups in total. The second kappa shape index (κ2) is 8.86. The van der Waals surface area contributed by atoms with Crippen molar-refractivity contribution in [3.8, 4) is 0 Å². The van der Waals surface area contributed by atoms with Crippen molar-refractivity contribution in [3.05, 3.63) is 0 Å². The Morgan fingerprint density at radius 3 is 2.29 bits per heavy atom. The molecule has 0 spiro atoms. The van der Waals surface area contributed by atoms with Gasteiger partial charge in [0.15, 0.2) is 0 Å². The zero-order valence-electron chi connectivity index (χ0n) is 11.0. The summed E-state index contributed by atoms with van der Waals surface area (Å²) < 4.78 is 0. The Hall–Kier alpha value is -1.24. The largest absolute Gasteiger partial charge is 0.235 e. The van der Waals surface area contributed by atoms with E-state index in [1.54, 1.807) is 12.2 Å². The molecule has 0 radical (unpaired) electrons. The minimum Gasteiger partial charge on any atom is -0.211 e. The summed E-state index contributed by atoms with van der Waals surface area (Å²) in [5, 5.41) is 0. The molecule has 0 aliphatic heterocycles. The molecule has 0 aromatic carbocycles. The van der Waals surface area contributed by atoms with Gasteiger partial charge < -0.3 is 0 Å². The maximum absolute atomic E-state index is 10.2. The Kier molecular flexibility index (Phi) is 8.21. The number of carbonyl (C=O) groups excluding carboxylic acids is 2. The molecular formula is C13H22N2O2. The van der Waals surface area contributed by atoms with E-state index < -0.39 is 0 Å². The Labute approximate surface area is 103 Å². The van der Waals surface area contributed by atoms with Crippen molar-refractivity contribution in [2.75, 3.05) is 0 Å². The summed E-state index contributed by atoms with van der Waals surface area (Å²) in [6, 6.07) is 0.0867. The lowest BCUT2D eigenvalue weighted by atomic mass is 9.97. The molecule has 0 bridgehead atoms. The monoisotopic (exact) mass is 238 g/mol. The molecule has 0 aliphatic rings. The smallest absolute Gasteiger partial charge is 0.211 e. The Balaban J connectivity index is 3.53. The summed E-state index contributed by atoms with van der Waals surface area (Å²) in [7, 11) is 0. The Morgan fingerprint density at radius 1 is 1.06 bits per heavy atom. The summed E-state index contributed by atoms with van der Waals surface area (Å²) >= 11 is 0. The van der Waals surface area contributed by atoms with Crippen molar-refractivity contribution in [3.63, 3.8) is 0 Å². The first-order valence-corrected chi connectivity index (χ1v) is 6.18. The molecule has 0 saturated heterocycles. The van der Waals surface area contributed by atoms with Gasteiger partial charge in [0.2, 0.25) is 12.2 Å². The molecule has 4 nitrogen and oxygen atoms in total. The quantitative estimate of drug-likeness (QED) is 0.352. The second-order valence-electron chi connectivity index (χ2n) is 5.04. The molecule has 1 atom stereocenters. The molecule has 0 fully saturated rings. The number of nitrogens with zero attached hydrogens (tertiary/aromatic N) is 2. The van der Waals surface area contributed by atoms with E-state index in [-0.39, 0.29) is 11.6 Å². The molecule has 17 heavy (non-hydrogen) atoms.